The monoisotopic (exact) mass is 216 g/mol. The van der Waals surface area contributed by atoms with E-state index in [9.17, 15) is 13.6 Å². The predicted molar refractivity (Wildman–Crippen MR) is 50.4 cm³/mol. The van der Waals surface area contributed by atoms with Gasteiger partial charge in [0.1, 0.15) is 18.4 Å². The van der Waals surface area contributed by atoms with E-state index in [1.807, 2.05) is 0 Å². The summed E-state index contributed by atoms with van der Waals surface area (Å²) in [6.45, 7) is 0.00858. The van der Waals surface area contributed by atoms with E-state index >= 15 is 0 Å². The minimum absolute atomic E-state index is 0.00858. The van der Waals surface area contributed by atoms with Gasteiger partial charge in [-0.3, -0.25) is 0 Å². The normalized spacial score (nSPS) is 9.80. The highest BCUT2D eigenvalue weighted by Gasteiger charge is 2.06. The van der Waals surface area contributed by atoms with Crippen LogP contribution in [-0.2, 0) is 4.74 Å². The fourth-order valence-electron chi connectivity index (χ4n) is 0.895. The molecule has 0 heterocycles. The molecule has 1 rings (SSSR count). The zero-order valence-electron chi connectivity index (χ0n) is 8.01. The summed E-state index contributed by atoms with van der Waals surface area (Å²) in [6, 6.07) is 2.25. The first-order chi connectivity index (χ1) is 7.13. The first kappa shape index (κ1) is 11.4. The molecule has 0 radical (unpaired) electrons. The molecular weight excluding hydrogens is 206 g/mol. The zero-order chi connectivity index (χ0) is 11.3. The summed E-state index contributed by atoms with van der Waals surface area (Å²) in [4.78, 5) is 11.0. The number of urea groups is 1. The number of anilines is 1. The van der Waals surface area contributed by atoms with Crippen molar-refractivity contribution in [3.05, 3.63) is 29.8 Å². The molecule has 1 aromatic carbocycles. The molecular formula is C9H10F2N2O2. The minimum atomic E-state index is -0.831. The van der Waals surface area contributed by atoms with Gasteiger partial charge in [0.2, 0.25) is 0 Å². The fourth-order valence-corrected chi connectivity index (χ4v) is 0.895. The first-order valence-electron chi connectivity index (χ1n) is 4.12. The van der Waals surface area contributed by atoms with Crippen LogP contribution in [0, 0.1) is 11.6 Å². The zero-order valence-corrected chi connectivity index (χ0v) is 8.01. The fraction of sp³-hybridized carbons (Fsp3) is 0.222. The average molecular weight is 216 g/mol. The second-order valence-corrected chi connectivity index (χ2v) is 2.69. The van der Waals surface area contributed by atoms with E-state index < -0.39 is 17.7 Å². The van der Waals surface area contributed by atoms with Gasteiger partial charge in [0.15, 0.2) is 0 Å². The Morgan fingerprint density at radius 3 is 2.80 bits per heavy atom. The molecule has 0 unspecified atom stereocenters. The van der Waals surface area contributed by atoms with Crippen LogP contribution in [0.15, 0.2) is 18.2 Å². The third-order valence-corrected chi connectivity index (χ3v) is 1.56. The number of carbonyl (C=O) groups excluding carboxylic acids is 1. The summed E-state index contributed by atoms with van der Waals surface area (Å²) in [5, 5.41) is 4.49. The second-order valence-electron chi connectivity index (χ2n) is 2.69. The first-order valence-corrected chi connectivity index (χ1v) is 4.12. The van der Waals surface area contributed by atoms with Crippen molar-refractivity contribution in [1.29, 1.82) is 0 Å². The quantitative estimate of drug-likeness (QED) is 0.755. The second kappa shape index (κ2) is 5.26. The summed E-state index contributed by atoms with van der Waals surface area (Å²) in [5.41, 5.74) is -0.0926. The molecule has 0 fully saturated rings. The third-order valence-electron chi connectivity index (χ3n) is 1.56. The number of rotatable bonds is 3. The highest BCUT2D eigenvalue weighted by atomic mass is 19.1. The Bertz CT molecular complexity index is 358. The van der Waals surface area contributed by atoms with E-state index in [2.05, 4.69) is 15.4 Å². The Kier molecular flexibility index (Phi) is 3.99. The van der Waals surface area contributed by atoms with Crippen molar-refractivity contribution in [1.82, 2.24) is 5.32 Å². The highest BCUT2D eigenvalue weighted by molar-refractivity contribution is 5.89. The van der Waals surface area contributed by atoms with Crippen molar-refractivity contribution in [3.63, 3.8) is 0 Å². The lowest BCUT2D eigenvalue weighted by Gasteiger charge is -2.07. The summed E-state index contributed by atoms with van der Waals surface area (Å²) in [5.74, 6) is -1.53. The molecule has 82 valence electrons. The Hall–Kier alpha value is -1.69. The van der Waals surface area contributed by atoms with Crippen LogP contribution >= 0.6 is 0 Å². The summed E-state index contributed by atoms with van der Waals surface area (Å²) in [6.07, 6.45) is 0. The summed E-state index contributed by atoms with van der Waals surface area (Å²) < 4.78 is 30.1. The van der Waals surface area contributed by atoms with Crippen molar-refractivity contribution in [2.24, 2.45) is 0 Å². The molecule has 0 aliphatic rings. The number of hydrogen-bond donors (Lipinski definition) is 2. The molecule has 6 heteroatoms. The Labute approximate surface area is 85.2 Å². The number of hydrogen-bond acceptors (Lipinski definition) is 2. The number of benzene rings is 1. The van der Waals surface area contributed by atoms with Gasteiger partial charge < -0.3 is 15.4 Å². The van der Waals surface area contributed by atoms with Crippen molar-refractivity contribution < 1.29 is 18.3 Å². The summed E-state index contributed by atoms with van der Waals surface area (Å²) in [7, 11) is 1.40. The van der Waals surface area contributed by atoms with Crippen LogP contribution in [0.4, 0.5) is 19.3 Å². The maximum atomic E-state index is 13.0. The van der Waals surface area contributed by atoms with E-state index in [4.69, 9.17) is 0 Å². The van der Waals surface area contributed by atoms with Crippen molar-refractivity contribution in [2.75, 3.05) is 19.2 Å². The van der Waals surface area contributed by atoms with Crippen molar-refractivity contribution >= 4 is 11.7 Å². The van der Waals surface area contributed by atoms with E-state index in [0.29, 0.717) is 6.07 Å². The van der Waals surface area contributed by atoms with Gasteiger partial charge in [-0.2, -0.15) is 0 Å². The van der Waals surface area contributed by atoms with E-state index in [-0.39, 0.29) is 12.4 Å². The molecule has 0 saturated heterocycles. The molecule has 0 atom stereocenters. The lowest BCUT2D eigenvalue weighted by molar-refractivity contribution is 0.177. The molecule has 0 aliphatic carbocycles. The molecule has 2 amide bonds. The molecule has 0 spiro atoms. The highest BCUT2D eigenvalue weighted by Crippen LogP contribution is 2.14. The topological polar surface area (TPSA) is 50.4 Å². The van der Waals surface area contributed by atoms with Crippen molar-refractivity contribution in [2.45, 2.75) is 0 Å². The van der Waals surface area contributed by atoms with Gasteiger partial charge in [-0.15, -0.1) is 0 Å². The van der Waals surface area contributed by atoms with Crippen LogP contribution in [0.2, 0.25) is 0 Å². The number of ether oxygens (including phenoxy) is 1. The summed E-state index contributed by atoms with van der Waals surface area (Å²) >= 11 is 0. The number of halogens is 2. The number of methoxy groups -OCH3 is 1. The van der Waals surface area contributed by atoms with Gasteiger partial charge >= 0.3 is 6.03 Å². The Balaban J connectivity index is 2.60. The molecule has 1 aromatic rings. The van der Waals surface area contributed by atoms with Crippen LogP contribution in [0.5, 0.6) is 0 Å². The predicted octanol–water partition coefficient (Wildman–Crippen LogP) is 1.69. The van der Waals surface area contributed by atoms with Crippen LogP contribution in [-0.4, -0.2) is 19.9 Å². The van der Waals surface area contributed by atoms with E-state index in [1.165, 1.54) is 7.11 Å². The van der Waals surface area contributed by atoms with E-state index in [0.717, 1.165) is 12.1 Å². The lowest BCUT2D eigenvalue weighted by atomic mass is 10.3. The van der Waals surface area contributed by atoms with Gasteiger partial charge in [0.25, 0.3) is 0 Å². The van der Waals surface area contributed by atoms with Crippen LogP contribution in [0.25, 0.3) is 0 Å². The van der Waals surface area contributed by atoms with Gasteiger partial charge in [-0.05, 0) is 12.1 Å². The van der Waals surface area contributed by atoms with Crippen molar-refractivity contribution in [3.8, 4) is 0 Å². The van der Waals surface area contributed by atoms with Gasteiger partial charge in [-0.1, -0.05) is 0 Å². The Morgan fingerprint density at radius 2 is 2.20 bits per heavy atom. The molecule has 15 heavy (non-hydrogen) atoms. The minimum Gasteiger partial charge on any atom is -0.364 e. The number of carbonyl (C=O) groups is 1. The maximum absolute atomic E-state index is 13.0. The maximum Gasteiger partial charge on any atom is 0.321 e. The average Bonchev–Trinajstić information content (AvgIpc) is 2.19. The largest absolute Gasteiger partial charge is 0.364 e. The molecule has 0 aliphatic heterocycles. The van der Waals surface area contributed by atoms with E-state index in [1.54, 1.807) is 0 Å². The molecule has 4 nitrogen and oxygen atoms in total. The Morgan fingerprint density at radius 1 is 1.47 bits per heavy atom. The molecule has 0 saturated carbocycles. The van der Waals surface area contributed by atoms with Crippen LogP contribution in [0.1, 0.15) is 0 Å². The van der Waals surface area contributed by atoms with Gasteiger partial charge in [0.05, 0.1) is 5.69 Å². The molecule has 0 aromatic heterocycles. The molecule has 2 N–H and O–H groups in total. The third kappa shape index (κ3) is 3.51. The SMILES string of the molecule is COCNC(=O)Nc1ccc(F)cc1F. The van der Waals surface area contributed by atoms with Crippen LogP contribution < -0.4 is 10.6 Å². The van der Waals surface area contributed by atoms with Gasteiger partial charge in [0, 0.05) is 13.2 Å². The number of amides is 2. The standard InChI is InChI=1S/C9H10F2N2O2/c1-15-5-12-9(14)13-8-3-2-6(10)4-7(8)11/h2-4H,5H2,1H3,(H2,12,13,14). The molecule has 0 bridgehead atoms. The number of nitrogens with one attached hydrogen (secondary N) is 2. The smallest absolute Gasteiger partial charge is 0.321 e. The lowest BCUT2D eigenvalue weighted by Crippen LogP contribution is -2.30. The van der Waals surface area contributed by atoms with Crippen LogP contribution in [0.3, 0.4) is 0 Å². The van der Waals surface area contributed by atoms with Gasteiger partial charge in [-0.25, -0.2) is 13.6 Å².